The van der Waals surface area contributed by atoms with Crippen molar-refractivity contribution in [2.75, 3.05) is 32.8 Å². The number of hydrogen-bond acceptors (Lipinski definition) is 6. The molecular formula is C43H85NO5. The number of rotatable bonds is 39. The molecule has 0 amide bonds. The van der Waals surface area contributed by atoms with E-state index in [9.17, 15) is 14.7 Å². The van der Waals surface area contributed by atoms with E-state index in [-0.39, 0.29) is 30.6 Å². The van der Waals surface area contributed by atoms with Crippen molar-refractivity contribution in [2.24, 2.45) is 5.92 Å². The first-order valence-electron chi connectivity index (χ1n) is 21.7. The second-order valence-corrected chi connectivity index (χ2v) is 15.0. The average Bonchev–Trinajstić information content (AvgIpc) is 3.09. The van der Waals surface area contributed by atoms with E-state index in [1.807, 2.05) is 6.92 Å². The lowest BCUT2D eigenvalue weighted by molar-refractivity contribution is -0.150. The summed E-state index contributed by atoms with van der Waals surface area (Å²) in [6.45, 7) is 12.4. The van der Waals surface area contributed by atoms with Crippen LogP contribution in [-0.2, 0) is 19.1 Å². The molecule has 0 radical (unpaired) electrons. The number of unbranched alkanes of at least 4 members (excludes halogenated alkanes) is 21. The Kier molecular flexibility index (Phi) is 37.2. The average molecular weight is 696 g/mol. The third kappa shape index (κ3) is 33.7. The molecule has 0 aromatic carbocycles. The quantitative estimate of drug-likeness (QED) is 0.0509. The van der Waals surface area contributed by atoms with Gasteiger partial charge in [0.25, 0.3) is 0 Å². The number of ether oxygens (including phenoxy) is 2. The maximum Gasteiger partial charge on any atom is 0.308 e. The molecule has 0 saturated carbocycles. The van der Waals surface area contributed by atoms with E-state index in [1.54, 1.807) is 0 Å². The zero-order valence-corrected chi connectivity index (χ0v) is 33.4. The van der Waals surface area contributed by atoms with Crippen LogP contribution in [0.15, 0.2) is 0 Å². The highest BCUT2D eigenvalue weighted by molar-refractivity contribution is 5.72. The summed E-state index contributed by atoms with van der Waals surface area (Å²) in [6.07, 6.45) is 34.7. The van der Waals surface area contributed by atoms with Crippen LogP contribution in [0.2, 0.25) is 0 Å². The molecule has 292 valence electrons. The van der Waals surface area contributed by atoms with Crippen LogP contribution in [0.25, 0.3) is 0 Å². The zero-order valence-electron chi connectivity index (χ0n) is 33.4. The van der Waals surface area contributed by atoms with Gasteiger partial charge in [-0.25, -0.2) is 0 Å². The predicted octanol–water partition coefficient (Wildman–Crippen LogP) is 12.1. The van der Waals surface area contributed by atoms with Gasteiger partial charge in [0.05, 0.1) is 25.2 Å². The van der Waals surface area contributed by atoms with Gasteiger partial charge in [-0.1, -0.05) is 156 Å². The minimum absolute atomic E-state index is 0.0331. The molecule has 0 bridgehead atoms. The maximum absolute atomic E-state index is 12.9. The summed E-state index contributed by atoms with van der Waals surface area (Å²) in [5.74, 6) is 0.114. The molecule has 2 unspecified atom stereocenters. The van der Waals surface area contributed by atoms with Crippen molar-refractivity contribution in [3.63, 3.8) is 0 Å². The maximum atomic E-state index is 12.9. The van der Waals surface area contributed by atoms with Crippen LogP contribution in [0.3, 0.4) is 0 Å². The van der Waals surface area contributed by atoms with Gasteiger partial charge in [-0.15, -0.1) is 0 Å². The Labute approximate surface area is 305 Å². The van der Waals surface area contributed by atoms with Gasteiger partial charge in [-0.3, -0.25) is 9.59 Å². The van der Waals surface area contributed by atoms with Crippen LogP contribution in [0.1, 0.15) is 220 Å². The van der Waals surface area contributed by atoms with Crippen molar-refractivity contribution in [2.45, 2.75) is 226 Å². The number of esters is 2. The summed E-state index contributed by atoms with van der Waals surface area (Å²) >= 11 is 0. The number of hydrogen-bond donors (Lipinski definition) is 1. The number of aliphatic hydroxyl groups excluding tert-OH is 1. The smallest absolute Gasteiger partial charge is 0.308 e. The van der Waals surface area contributed by atoms with E-state index in [1.165, 1.54) is 103 Å². The van der Waals surface area contributed by atoms with E-state index < -0.39 is 0 Å². The summed E-state index contributed by atoms with van der Waals surface area (Å²) in [5.41, 5.74) is 0. The first-order valence-corrected chi connectivity index (χ1v) is 21.7. The predicted molar refractivity (Wildman–Crippen MR) is 209 cm³/mol. The van der Waals surface area contributed by atoms with E-state index in [0.29, 0.717) is 13.0 Å². The highest BCUT2D eigenvalue weighted by Crippen LogP contribution is 2.21. The largest absolute Gasteiger partial charge is 0.465 e. The highest BCUT2D eigenvalue weighted by Gasteiger charge is 2.19. The molecule has 6 nitrogen and oxygen atoms in total. The Morgan fingerprint density at radius 3 is 1.49 bits per heavy atom. The molecule has 49 heavy (non-hydrogen) atoms. The summed E-state index contributed by atoms with van der Waals surface area (Å²) < 4.78 is 11.4. The van der Waals surface area contributed by atoms with Gasteiger partial charge < -0.3 is 19.5 Å². The van der Waals surface area contributed by atoms with Gasteiger partial charge in [0, 0.05) is 13.0 Å². The van der Waals surface area contributed by atoms with Crippen molar-refractivity contribution in [3.8, 4) is 0 Å². The van der Waals surface area contributed by atoms with Crippen molar-refractivity contribution in [3.05, 3.63) is 0 Å². The Hall–Kier alpha value is -1.14. The molecule has 0 aliphatic carbocycles. The molecule has 0 spiro atoms. The van der Waals surface area contributed by atoms with Gasteiger partial charge in [0.15, 0.2) is 0 Å². The fourth-order valence-electron chi connectivity index (χ4n) is 6.79. The Morgan fingerprint density at radius 1 is 0.531 bits per heavy atom. The third-order valence-electron chi connectivity index (χ3n) is 10.1. The molecule has 2 atom stereocenters. The van der Waals surface area contributed by atoms with Gasteiger partial charge in [-0.2, -0.15) is 0 Å². The summed E-state index contributed by atoms with van der Waals surface area (Å²) in [5, 5.41) is 9.54. The molecule has 0 aromatic rings. The number of aliphatic hydroxyl groups is 1. The van der Waals surface area contributed by atoms with Gasteiger partial charge >= 0.3 is 11.9 Å². The van der Waals surface area contributed by atoms with Crippen LogP contribution in [0.4, 0.5) is 0 Å². The summed E-state index contributed by atoms with van der Waals surface area (Å²) in [6, 6.07) is 0. The normalized spacial score (nSPS) is 12.8. The van der Waals surface area contributed by atoms with Crippen LogP contribution in [0.5, 0.6) is 0 Å². The van der Waals surface area contributed by atoms with Gasteiger partial charge in [0.2, 0.25) is 0 Å². The van der Waals surface area contributed by atoms with E-state index in [4.69, 9.17) is 9.47 Å². The summed E-state index contributed by atoms with van der Waals surface area (Å²) in [4.78, 5) is 27.4. The molecule has 0 heterocycles. The zero-order chi connectivity index (χ0) is 36.0. The lowest BCUT2D eigenvalue weighted by Crippen LogP contribution is -2.29. The fraction of sp³-hybridized carbons (Fsp3) is 0.953. The van der Waals surface area contributed by atoms with Crippen LogP contribution >= 0.6 is 0 Å². The molecular weight excluding hydrogens is 610 g/mol. The van der Waals surface area contributed by atoms with Crippen molar-refractivity contribution < 1.29 is 24.2 Å². The first kappa shape index (κ1) is 47.9. The van der Waals surface area contributed by atoms with Crippen LogP contribution in [0, 0.1) is 5.92 Å². The number of nitrogens with zero attached hydrogens (tertiary/aromatic N) is 1. The molecule has 0 rings (SSSR count). The van der Waals surface area contributed by atoms with Crippen LogP contribution in [-0.4, -0.2) is 60.9 Å². The van der Waals surface area contributed by atoms with Crippen molar-refractivity contribution in [1.29, 1.82) is 0 Å². The molecule has 0 aliphatic heterocycles. The molecule has 0 fully saturated rings. The van der Waals surface area contributed by atoms with Gasteiger partial charge in [0.1, 0.15) is 0 Å². The molecule has 0 saturated heterocycles. The molecule has 1 N–H and O–H groups in total. The lowest BCUT2D eigenvalue weighted by atomic mass is 9.94. The Morgan fingerprint density at radius 2 is 0.959 bits per heavy atom. The SMILES string of the molecule is CCCCCCCCC(C)OC(=O)CCCCCCCN(CCO)CCCCCCCOC(=O)C(CCCCCC)CCCCCCCC. The minimum atomic E-state index is -0.0331. The number of carbonyl (C=O) groups excluding carboxylic acids is 2. The third-order valence-corrected chi connectivity index (χ3v) is 10.1. The second kappa shape index (κ2) is 38.1. The van der Waals surface area contributed by atoms with Crippen LogP contribution < -0.4 is 0 Å². The minimum Gasteiger partial charge on any atom is -0.465 e. The summed E-state index contributed by atoms with van der Waals surface area (Å²) in [7, 11) is 0. The van der Waals surface area contributed by atoms with E-state index in [2.05, 4.69) is 25.7 Å². The van der Waals surface area contributed by atoms with Crippen molar-refractivity contribution >= 4 is 11.9 Å². The second-order valence-electron chi connectivity index (χ2n) is 15.0. The van der Waals surface area contributed by atoms with Crippen molar-refractivity contribution in [1.82, 2.24) is 4.90 Å². The van der Waals surface area contributed by atoms with E-state index >= 15 is 0 Å². The number of carbonyl (C=O) groups is 2. The fourth-order valence-corrected chi connectivity index (χ4v) is 6.79. The Balaban J connectivity index is 3.93. The van der Waals surface area contributed by atoms with Gasteiger partial charge in [-0.05, 0) is 71.4 Å². The van der Waals surface area contributed by atoms with E-state index in [0.717, 1.165) is 103 Å². The molecule has 6 heteroatoms. The Bertz CT molecular complexity index is 702. The first-order chi connectivity index (χ1) is 24.0. The lowest BCUT2D eigenvalue weighted by Gasteiger charge is -2.21. The standard InChI is InChI=1S/C43H85NO5/c1-5-8-11-14-18-24-31-40(4)49-42(46)34-27-20-16-21-28-35-44(37-38-45)36-29-22-17-23-30-39-48-43(47)41(32-25-13-10-7-3)33-26-19-15-12-9-6-2/h40-41,45H,5-39H2,1-4H3. The monoisotopic (exact) mass is 696 g/mol. The topological polar surface area (TPSA) is 76.1 Å². The highest BCUT2D eigenvalue weighted by atomic mass is 16.5. The molecule has 0 aliphatic rings. The molecule has 0 aromatic heterocycles.